The third-order valence-corrected chi connectivity index (χ3v) is 5.94. The number of hydrogen-bond donors (Lipinski definition) is 1. The molecule has 2 aromatic carbocycles. The van der Waals surface area contributed by atoms with Crippen molar-refractivity contribution < 1.29 is 9.84 Å². The van der Waals surface area contributed by atoms with Crippen LogP contribution in [0.4, 0.5) is 11.5 Å². The zero-order valence-electron chi connectivity index (χ0n) is 18.0. The number of aryl methyl sites for hydroxylation is 1. The summed E-state index contributed by atoms with van der Waals surface area (Å²) in [6, 6.07) is 17.7. The lowest BCUT2D eigenvalue weighted by Crippen LogP contribution is -2.22. The summed E-state index contributed by atoms with van der Waals surface area (Å²) in [6.07, 6.45) is 0.712. The molecular formula is C25H23N5O2. The fourth-order valence-electron chi connectivity index (χ4n) is 4.29. The largest absolute Gasteiger partial charge is 0.392 e. The van der Waals surface area contributed by atoms with Gasteiger partial charge in [-0.25, -0.2) is 4.98 Å². The second-order valence-electron chi connectivity index (χ2n) is 7.93. The van der Waals surface area contributed by atoms with Crippen molar-refractivity contribution in [3.8, 4) is 12.0 Å². The second kappa shape index (κ2) is 8.08. The maximum absolute atomic E-state index is 9.56. The summed E-state index contributed by atoms with van der Waals surface area (Å²) in [5.74, 6) is 1.35. The summed E-state index contributed by atoms with van der Waals surface area (Å²) in [6.45, 7) is 3.06. The average molecular weight is 425 g/mol. The minimum atomic E-state index is -0.0201. The number of aromatic nitrogens is 3. The molecule has 0 fully saturated rings. The zero-order valence-corrected chi connectivity index (χ0v) is 18.0. The van der Waals surface area contributed by atoms with E-state index in [4.69, 9.17) is 14.7 Å². The molecule has 160 valence electrons. The van der Waals surface area contributed by atoms with E-state index in [-0.39, 0.29) is 6.61 Å². The van der Waals surface area contributed by atoms with Crippen LogP contribution in [0.25, 0.3) is 16.9 Å². The third-order valence-electron chi connectivity index (χ3n) is 5.94. The van der Waals surface area contributed by atoms with Crippen molar-refractivity contribution in [2.45, 2.75) is 26.6 Å². The van der Waals surface area contributed by atoms with Gasteiger partial charge in [-0.3, -0.25) is 4.57 Å². The van der Waals surface area contributed by atoms with Crippen LogP contribution in [0.5, 0.6) is 0 Å². The van der Waals surface area contributed by atoms with E-state index in [0.29, 0.717) is 31.1 Å². The first-order valence-electron chi connectivity index (χ1n) is 10.5. The molecule has 0 amide bonds. The standard InChI is InChI=1S/C25H23N5O2/c1-16-11-20-18(13-26)6-4-8-23(20)30(16)25-27-22-9-10-32-15-21(22)24(28-25)29(2)19-7-3-5-17(12-19)14-31/h3-8,11-12,31H,9-10,14-15H2,1-2H3. The minimum Gasteiger partial charge on any atom is -0.392 e. The van der Waals surface area contributed by atoms with E-state index in [0.717, 1.165) is 44.9 Å². The Hall–Kier alpha value is -3.73. The lowest BCUT2D eigenvalue weighted by Gasteiger charge is -2.26. The smallest absolute Gasteiger partial charge is 0.236 e. The van der Waals surface area contributed by atoms with Crippen LogP contribution in [0.15, 0.2) is 48.5 Å². The molecule has 1 N–H and O–H groups in total. The van der Waals surface area contributed by atoms with Gasteiger partial charge in [0.2, 0.25) is 5.95 Å². The monoisotopic (exact) mass is 425 g/mol. The Morgan fingerprint density at radius 1 is 1.19 bits per heavy atom. The number of anilines is 2. The SMILES string of the molecule is Cc1cc2c(C#N)cccc2n1-c1nc2c(c(N(C)c3cccc(CO)c3)n1)COCC2. The van der Waals surface area contributed by atoms with Crippen molar-refractivity contribution in [1.29, 1.82) is 5.26 Å². The first-order chi connectivity index (χ1) is 15.6. The zero-order chi connectivity index (χ0) is 22.2. The molecule has 32 heavy (non-hydrogen) atoms. The Morgan fingerprint density at radius 3 is 2.84 bits per heavy atom. The van der Waals surface area contributed by atoms with Crippen LogP contribution in [0, 0.1) is 18.3 Å². The summed E-state index contributed by atoms with van der Waals surface area (Å²) >= 11 is 0. The Balaban J connectivity index is 1.72. The van der Waals surface area contributed by atoms with E-state index < -0.39 is 0 Å². The van der Waals surface area contributed by atoms with E-state index >= 15 is 0 Å². The first kappa shape index (κ1) is 20.2. The molecule has 0 saturated heterocycles. The topological polar surface area (TPSA) is 87.2 Å². The lowest BCUT2D eigenvalue weighted by molar-refractivity contribution is 0.109. The fourth-order valence-corrected chi connectivity index (χ4v) is 4.29. The Morgan fingerprint density at radius 2 is 2.03 bits per heavy atom. The van der Waals surface area contributed by atoms with Gasteiger partial charge in [0.05, 0.1) is 42.7 Å². The van der Waals surface area contributed by atoms with E-state index in [1.807, 2.05) is 72.0 Å². The minimum absolute atomic E-state index is 0.0201. The normalized spacial score (nSPS) is 13.1. The van der Waals surface area contributed by atoms with E-state index in [2.05, 4.69) is 6.07 Å². The van der Waals surface area contributed by atoms with Gasteiger partial charge < -0.3 is 14.7 Å². The molecule has 0 saturated carbocycles. The summed E-state index contributed by atoms with van der Waals surface area (Å²) in [5.41, 5.74) is 6.21. The number of rotatable bonds is 4. The number of ether oxygens (including phenoxy) is 1. The summed E-state index contributed by atoms with van der Waals surface area (Å²) in [7, 11) is 1.96. The molecule has 3 heterocycles. The number of benzene rings is 2. The number of hydrogen-bond acceptors (Lipinski definition) is 6. The molecule has 0 bridgehead atoms. The van der Waals surface area contributed by atoms with E-state index in [9.17, 15) is 10.4 Å². The van der Waals surface area contributed by atoms with Crippen molar-refractivity contribution >= 4 is 22.4 Å². The Bertz CT molecular complexity index is 1370. The van der Waals surface area contributed by atoms with Gasteiger partial charge in [-0.05, 0) is 42.8 Å². The highest BCUT2D eigenvalue weighted by Gasteiger charge is 2.23. The maximum Gasteiger partial charge on any atom is 0.236 e. The van der Waals surface area contributed by atoms with Crippen molar-refractivity contribution in [3.05, 3.63) is 76.6 Å². The van der Waals surface area contributed by atoms with Crippen molar-refractivity contribution in [2.75, 3.05) is 18.6 Å². The van der Waals surface area contributed by atoms with E-state index in [1.54, 1.807) is 0 Å². The van der Waals surface area contributed by atoms with Crippen molar-refractivity contribution in [2.24, 2.45) is 0 Å². The van der Waals surface area contributed by atoms with Crippen molar-refractivity contribution in [1.82, 2.24) is 14.5 Å². The molecule has 1 aliphatic heterocycles. The van der Waals surface area contributed by atoms with Gasteiger partial charge in [0, 0.05) is 35.8 Å². The van der Waals surface area contributed by atoms with E-state index in [1.165, 1.54) is 0 Å². The summed E-state index contributed by atoms with van der Waals surface area (Å²) < 4.78 is 7.74. The van der Waals surface area contributed by atoms with Gasteiger partial charge in [-0.2, -0.15) is 10.2 Å². The molecule has 7 nitrogen and oxygen atoms in total. The van der Waals surface area contributed by atoms with Gasteiger partial charge in [0.25, 0.3) is 0 Å². The predicted molar refractivity (Wildman–Crippen MR) is 122 cm³/mol. The average Bonchev–Trinajstić information content (AvgIpc) is 3.18. The number of aliphatic hydroxyl groups is 1. The highest BCUT2D eigenvalue weighted by Crippen LogP contribution is 2.32. The molecule has 7 heteroatoms. The molecule has 0 radical (unpaired) electrons. The number of nitriles is 1. The van der Waals surface area contributed by atoms with Gasteiger partial charge in [-0.15, -0.1) is 0 Å². The van der Waals surface area contributed by atoms with Gasteiger partial charge in [0.1, 0.15) is 5.82 Å². The van der Waals surface area contributed by atoms with Gasteiger partial charge in [0.15, 0.2) is 0 Å². The fraction of sp³-hybridized carbons (Fsp3) is 0.240. The lowest BCUT2D eigenvalue weighted by atomic mass is 10.1. The third kappa shape index (κ3) is 3.30. The maximum atomic E-state index is 9.56. The van der Waals surface area contributed by atoms with Crippen LogP contribution in [0.3, 0.4) is 0 Å². The Labute approximate surface area is 186 Å². The van der Waals surface area contributed by atoms with Crippen LogP contribution in [0.1, 0.15) is 28.1 Å². The second-order valence-corrected chi connectivity index (χ2v) is 7.93. The molecule has 2 aromatic heterocycles. The number of fused-ring (bicyclic) bond motifs is 2. The van der Waals surface area contributed by atoms with Crippen LogP contribution in [-0.4, -0.2) is 33.3 Å². The molecule has 0 aliphatic carbocycles. The number of aliphatic hydroxyl groups excluding tert-OH is 1. The van der Waals surface area contributed by atoms with Crippen LogP contribution in [0.2, 0.25) is 0 Å². The van der Waals surface area contributed by atoms with Crippen molar-refractivity contribution in [3.63, 3.8) is 0 Å². The predicted octanol–water partition coefficient (Wildman–Crippen LogP) is 3.93. The van der Waals surface area contributed by atoms with Gasteiger partial charge in [-0.1, -0.05) is 18.2 Å². The summed E-state index contributed by atoms with van der Waals surface area (Å²) in [5, 5.41) is 20.0. The molecular weight excluding hydrogens is 402 g/mol. The highest BCUT2D eigenvalue weighted by molar-refractivity contribution is 5.88. The molecule has 0 atom stereocenters. The molecule has 4 aromatic rings. The first-order valence-corrected chi connectivity index (χ1v) is 10.5. The summed E-state index contributed by atoms with van der Waals surface area (Å²) in [4.78, 5) is 11.9. The van der Waals surface area contributed by atoms with Crippen LogP contribution < -0.4 is 4.90 Å². The van der Waals surface area contributed by atoms with Crippen LogP contribution in [-0.2, 0) is 24.4 Å². The molecule has 0 unspecified atom stereocenters. The quantitative estimate of drug-likeness (QED) is 0.533. The van der Waals surface area contributed by atoms with Gasteiger partial charge >= 0.3 is 0 Å². The highest BCUT2D eigenvalue weighted by atomic mass is 16.5. The Kier molecular flexibility index (Phi) is 5.10. The molecule has 0 spiro atoms. The van der Waals surface area contributed by atoms with Crippen LogP contribution >= 0.6 is 0 Å². The molecule has 1 aliphatic rings. The molecule has 5 rings (SSSR count). The number of nitrogens with zero attached hydrogens (tertiary/aromatic N) is 5.